The Labute approximate surface area is 113 Å². The van der Waals surface area contributed by atoms with Gasteiger partial charge < -0.3 is 15.3 Å². The minimum atomic E-state index is -0.302. The quantitative estimate of drug-likeness (QED) is 0.830. The third-order valence-corrected chi connectivity index (χ3v) is 3.49. The fourth-order valence-electron chi connectivity index (χ4n) is 2.30. The molecular weight excluding hydrogens is 245 g/mol. The second-order valence-corrected chi connectivity index (χ2v) is 5.10. The Balaban J connectivity index is 1.80. The summed E-state index contributed by atoms with van der Waals surface area (Å²) in [7, 11) is 1.99. The summed E-state index contributed by atoms with van der Waals surface area (Å²) in [4.78, 5) is 4.52. The highest BCUT2D eigenvalue weighted by molar-refractivity contribution is 5.32. The van der Waals surface area contributed by atoms with Gasteiger partial charge in [-0.05, 0) is 25.2 Å². The van der Waals surface area contributed by atoms with Crippen LogP contribution in [-0.4, -0.2) is 61.2 Å². The summed E-state index contributed by atoms with van der Waals surface area (Å²) in [5.74, 6) is -0.140. The van der Waals surface area contributed by atoms with Gasteiger partial charge in [-0.1, -0.05) is 0 Å². The Morgan fingerprint density at radius 3 is 2.84 bits per heavy atom. The number of hydrogen-bond donors (Lipinski definition) is 2. The molecule has 0 radical (unpaired) electrons. The van der Waals surface area contributed by atoms with E-state index in [0.29, 0.717) is 12.1 Å². The zero-order valence-electron chi connectivity index (χ0n) is 11.4. The van der Waals surface area contributed by atoms with Gasteiger partial charge in [-0.2, -0.15) is 0 Å². The predicted molar refractivity (Wildman–Crippen MR) is 73.7 cm³/mol. The molecule has 0 spiro atoms. The van der Waals surface area contributed by atoms with E-state index in [0.717, 1.165) is 39.3 Å². The summed E-state index contributed by atoms with van der Waals surface area (Å²) < 4.78 is 13.1. The average Bonchev–Trinajstić information content (AvgIpc) is 2.42. The highest BCUT2D eigenvalue weighted by Gasteiger charge is 2.11. The zero-order chi connectivity index (χ0) is 13.7. The minimum absolute atomic E-state index is 0.162. The summed E-state index contributed by atoms with van der Waals surface area (Å²) in [5, 5.41) is 13.0. The molecule has 2 rings (SSSR count). The van der Waals surface area contributed by atoms with Gasteiger partial charge in [0, 0.05) is 51.4 Å². The lowest BCUT2D eigenvalue weighted by molar-refractivity contribution is 0.201. The topological polar surface area (TPSA) is 38.7 Å². The lowest BCUT2D eigenvalue weighted by Crippen LogP contribution is -2.45. The number of likely N-dealkylation sites (N-methyl/N-ethyl adjacent to an activating group) is 1. The van der Waals surface area contributed by atoms with Crippen LogP contribution >= 0.6 is 0 Å². The fourth-order valence-corrected chi connectivity index (χ4v) is 2.30. The van der Waals surface area contributed by atoms with Crippen LogP contribution in [0, 0.1) is 5.82 Å². The van der Waals surface area contributed by atoms with Gasteiger partial charge in [-0.3, -0.25) is 4.90 Å². The Hall–Kier alpha value is -1.17. The Morgan fingerprint density at radius 2 is 2.11 bits per heavy atom. The van der Waals surface area contributed by atoms with Gasteiger partial charge in [-0.25, -0.2) is 4.39 Å². The van der Waals surface area contributed by atoms with E-state index in [2.05, 4.69) is 15.1 Å². The summed E-state index contributed by atoms with van der Waals surface area (Å²) in [5.41, 5.74) is 0.641. The number of hydrogen-bond acceptors (Lipinski definition) is 4. The van der Waals surface area contributed by atoms with Crippen molar-refractivity contribution >= 4 is 0 Å². The molecule has 4 nitrogen and oxygen atoms in total. The van der Waals surface area contributed by atoms with Crippen molar-refractivity contribution in [1.29, 1.82) is 0 Å². The maximum Gasteiger partial charge on any atom is 0.123 e. The highest BCUT2D eigenvalue weighted by atomic mass is 19.1. The first-order chi connectivity index (χ1) is 9.15. The molecule has 1 fully saturated rings. The maximum absolute atomic E-state index is 13.1. The van der Waals surface area contributed by atoms with Gasteiger partial charge >= 0.3 is 0 Å². The number of benzene rings is 1. The first-order valence-electron chi connectivity index (χ1n) is 6.74. The van der Waals surface area contributed by atoms with Crippen LogP contribution in [0.2, 0.25) is 0 Å². The van der Waals surface area contributed by atoms with Crippen LogP contribution in [-0.2, 0) is 6.54 Å². The molecule has 19 heavy (non-hydrogen) atoms. The van der Waals surface area contributed by atoms with E-state index in [-0.39, 0.29) is 11.6 Å². The molecular formula is C14H22FN3O. The van der Waals surface area contributed by atoms with Crippen LogP contribution in [0.5, 0.6) is 5.75 Å². The highest BCUT2D eigenvalue weighted by Crippen LogP contribution is 2.19. The van der Waals surface area contributed by atoms with Crippen LogP contribution in [0.1, 0.15) is 5.56 Å². The smallest absolute Gasteiger partial charge is 0.123 e. The van der Waals surface area contributed by atoms with Crippen LogP contribution in [0.3, 0.4) is 0 Å². The van der Waals surface area contributed by atoms with Gasteiger partial charge in [0.1, 0.15) is 11.6 Å². The first kappa shape index (κ1) is 14.2. The van der Waals surface area contributed by atoms with Crippen molar-refractivity contribution in [3.63, 3.8) is 0 Å². The van der Waals surface area contributed by atoms with E-state index in [4.69, 9.17) is 0 Å². The molecule has 0 aromatic heterocycles. The molecule has 0 saturated carbocycles. The van der Waals surface area contributed by atoms with E-state index in [1.807, 2.05) is 7.05 Å². The molecule has 0 amide bonds. The number of nitrogens with one attached hydrogen (secondary N) is 1. The average molecular weight is 267 g/mol. The Morgan fingerprint density at radius 1 is 1.37 bits per heavy atom. The van der Waals surface area contributed by atoms with Gasteiger partial charge in [0.05, 0.1) is 0 Å². The predicted octanol–water partition coefficient (Wildman–Crippen LogP) is 0.868. The lowest BCUT2D eigenvalue weighted by Gasteiger charge is -2.29. The van der Waals surface area contributed by atoms with Gasteiger partial charge in [0.25, 0.3) is 0 Å². The molecule has 1 aromatic rings. The second kappa shape index (κ2) is 6.84. The number of rotatable bonds is 5. The number of phenolic OH excluding ortho intramolecular Hbond substituents is 1. The largest absolute Gasteiger partial charge is 0.508 e. The monoisotopic (exact) mass is 267 g/mol. The summed E-state index contributed by atoms with van der Waals surface area (Å²) in [6.07, 6.45) is 0. The summed E-state index contributed by atoms with van der Waals surface area (Å²) >= 11 is 0. The maximum atomic E-state index is 13.1. The normalized spacial score (nSPS) is 17.0. The standard InChI is InChI=1S/C14H22FN3O/c1-17(8-9-18-6-4-16-5-7-18)11-12-10-13(15)2-3-14(12)19/h2-3,10,16,19H,4-9,11H2,1H3. The van der Waals surface area contributed by atoms with Crippen molar-refractivity contribution in [2.75, 3.05) is 46.3 Å². The van der Waals surface area contributed by atoms with Crippen molar-refractivity contribution < 1.29 is 9.50 Å². The molecule has 2 N–H and O–H groups in total. The SMILES string of the molecule is CN(CCN1CCNCC1)Cc1cc(F)ccc1O. The van der Waals surface area contributed by atoms with Gasteiger partial charge in [0.15, 0.2) is 0 Å². The molecule has 0 unspecified atom stereocenters. The van der Waals surface area contributed by atoms with Gasteiger partial charge in [0.2, 0.25) is 0 Å². The second-order valence-electron chi connectivity index (χ2n) is 5.10. The first-order valence-corrected chi connectivity index (χ1v) is 6.74. The van der Waals surface area contributed by atoms with Crippen molar-refractivity contribution in [3.05, 3.63) is 29.6 Å². The summed E-state index contributed by atoms with van der Waals surface area (Å²) in [6.45, 7) is 6.75. The van der Waals surface area contributed by atoms with Crippen LogP contribution in [0.15, 0.2) is 18.2 Å². The molecule has 0 bridgehead atoms. The van der Waals surface area contributed by atoms with Crippen molar-refractivity contribution in [1.82, 2.24) is 15.1 Å². The number of nitrogens with zero attached hydrogens (tertiary/aromatic N) is 2. The number of piperazine rings is 1. The van der Waals surface area contributed by atoms with Gasteiger partial charge in [-0.15, -0.1) is 0 Å². The lowest BCUT2D eigenvalue weighted by atomic mass is 10.2. The molecule has 1 aliphatic heterocycles. The number of halogens is 1. The van der Waals surface area contributed by atoms with Crippen LogP contribution < -0.4 is 5.32 Å². The molecule has 1 heterocycles. The van der Waals surface area contributed by atoms with E-state index in [1.54, 1.807) is 0 Å². The summed E-state index contributed by atoms with van der Waals surface area (Å²) in [6, 6.07) is 4.09. The Bertz CT molecular complexity index is 408. The molecule has 5 heteroatoms. The van der Waals surface area contributed by atoms with E-state index >= 15 is 0 Å². The number of aromatic hydroxyl groups is 1. The molecule has 106 valence electrons. The molecule has 1 aliphatic rings. The van der Waals surface area contributed by atoms with Crippen molar-refractivity contribution in [2.24, 2.45) is 0 Å². The molecule has 1 saturated heterocycles. The number of phenols is 1. The van der Waals surface area contributed by atoms with Crippen LogP contribution in [0.4, 0.5) is 4.39 Å². The third kappa shape index (κ3) is 4.45. The third-order valence-electron chi connectivity index (χ3n) is 3.49. The van der Waals surface area contributed by atoms with E-state index < -0.39 is 0 Å². The van der Waals surface area contributed by atoms with E-state index in [1.165, 1.54) is 18.2 Å². The molecule has 0 atom stereocenters. The van der Waals surface area contributed by atoms with Crippen molar-refractivity contribution in [3.8, 4) is 5.75 Å². The van der Waals surface area contributed by atoms with Crippen molar-refractivity contribution in [2.45, 2.75) is 6.54 Å². The minimum Gasteiger partial charge on any atom is -0.508 e. The van der Waals surface area contributed by atoms with E-state index in [9.17, 15) is 9.50 Å². The fraction of sp³-hybridized carbons (Fsp3) is 0.571. The zero-order valence-corrected chi connectivity index (χ0v) is 11.4. The molecule has 1 aromatic carbocycles. The Kier molecular flexibility index (Phi) is 5.13. The van der Waals surface area contributed by atoms with Crippen LogP contribution in [0.25, 0.3) is 0 Å². The molecule has 0 aliphatic carbocycles.